The summed E-state index contributed by atoms with van der Waals surface area (Å²) in [5.41, 5.74) is 6.87. The number of carbonyl (C=O) groups is 4. The van der Waals surface area contributed by atoms with Crippen LogP contribution in [0.15, 0.2) is 48.5 Å². The SMILES string of the molecule is Cc1cc2c(cc1-c1ccc(-c3cc4c(cc3C)C(=O)N(C)C4=O)cc1)C(=O)[N-]C2=O.[CH3-].[Y]. The Morgan fingerprint density at radius 3 is 1.45 bits per heavy atom. The fourth-order valence-corrected chi connectivity index (χ4v) is 4.24. The van der Waals surface area contributed by atoms with Crippen molar-refractivity contribution in [2.24, 2.45) is 0 Å². The van der Waals surface area contributed by atoms with E-state index in [1.54, 1.807) is 24.3 Å². The van der Waals surface area contributed by atoms with Crippen LogP contribution in [0.4, 0.5) is 0 Å². The molecule has 0 aromatic heterocycles. The first-order valence-corrected chi connectivity index (χ1v) is 9.79. The number of hydrogen-bond donors (Lipinski definition) is 0. The monoisotopic (exact) mass is 513 g/mol. The zero-order chi connectivity index (χ0) is 22.0. The van der Waals surface area contributed by atoms with Gasteiger partial charge in [0.15, 0.2) is 0 Å². The van der Waals surface area contributed by atoms with E-state index in [0.717, 1.165) is 38.3 Å². The van der Waals surface area contributed by atoms with Crippen LogP contribution in [0.25, 0.3) is 27.6 Å². The Balaban J connectivity index is 0.00000153. The largest absolute Gasteiger partial charge is 0.587 e. The number of benzene rings is 3. The van der Waals surface area contributed by atoms with Gasteiger partial charge in [-0.05, 0) is 71.5 Å². The van der Waals surface area contributed by atoms with Gasteiger partial charge in [0.2, 0.25) is 0 Å². The van der Waals surface area contributed by atoms with Gasteiger partial charge in [0.1, 0.15) is 0 Å². The number of nitrogens with zero attached hydrogens (tertiary/aromatic N) is 2. The van der Waals surface area contributed by atoms with E-state index in [0.29, 0.717) is 22.3 Å². The molecular formula is C26H20N2O4Y-2. The van der Waals surface area contributed by atoms with Crippen LogP contribution in [-0.4, -0.2) is 35.6 Å². The van der Waals surface area contributed by atoms with E-state index in [4.69, 9.17) is 0 Å². The molecule has 0 atom stereocenters. The fourth-order valence-electron chi connectivity index (χ4n) is 4.24. The first-order chi connectivity index (χ1) is 14.8. The Morgan fingerprint density at radius 1 is 0.606 bits per heavy atom. The number of hydrogen-bond acceptors (Lipinski definition) is 4. The first-order valence-electron chi connectivity index (χ1n) is 9.79. The normalized spacial score (nSPS) is 13.8. The van der Waals surface area contributed by atoms with Crippen LogP contribution in [0.3, 0.4) is 0 Å². The third-order valence-corrected chi connectivity index (χ3v) is 5.97. The second kappa shape index (κ2) is 8.77. The molecule has 0 N–H and O–H groups in total. The maximum Gasteiger partial charge on any atom is 0.261 e. The molecule has 0 saturated heterocycles. The van der Waals surface area contributed by atoms with Gasteiger partial charge in [-0.25, -0.2) is 0 Å². The molecule has 6 nitrogen and oxygen atoms in total. The molecule has 3 aromatic rings. The predicted molar refractivity (Wildman–Crippen MR) is 122 cm³/mol. The van der Waals surface area contributed by atoms with Crippen molar-refractivity contribution in [2.75, 3.05) is 7.05 Å². The Hall–Kier alpha value is -2.96. The molecule has 33 heavy (non-hydrogen) atoms. The molecular weight excluding hydrogens is 493 g/mol. The number of imide groups is 2. The van der Waals surface area contributed by atoms with E-state index in [-0.39, 0.29) is 52.0 Å². The summed E-state index contributed by atoms with van der Waals surface area (Å²) in [4.78, 5) is 49.5. The Labute approximate surface area is 217 Å². The Bertz CT molecular complexity index is 1360. The van der Waals surface area contributed by atoms with Crippen LogP contribution in [-0.2, 0) is 32.7 Å². The molecule has 0 saturated carbocycles. The summed E-state index contributed by atoms with van der Waals surface area (Å²) in [5, 5.41) is 3.51. The van der Waals surface area contributed by atoms with Gasteiger partial charge in [-0.2, -0.15) is 0 Å². The molecule has 0 aliphatic carbocycles. The van der Waals surface area contributed by atoms with Gasteiger partial charge in [-0.3, -0.25) is 14.5 Å². The van der Waals surface area contributed by atoms with Crippen LogP contribution in [0.2, 0.25) is 0 Å². The maximum absolute atomic E-state index is 12.4. The van der Waals surface area contributed by atoms with Crippen LogP contribution >= 0.6 is 0 Å². The van der Waals surface area contributed by atoms with Crippen molar-refractivity contribution in [1.82, 2.24) is 4.90 Å². The summed E-state index contributed by atoms with van der Waals surface area (Å²) in [6.07, 6.45) is 0. The molecule has 5 rings (SSSR count). The molecule has 1 radical (unpaired) electrons. The van der Waals surface area contributed by atoms with Crippen molar-refractivity contribution in [3.05, 3.63) is 94.7 Å². The van der Waals surface area contributed by atoms with Crippen molar-refractivity contribution in [3.8, 4) is 22.3 Å². The summed E-state index contributed by atoms with van der Waals surface area (Å²) < 4.78 is 0. The summed E-state index contributed by atoms with van der Waals surface area (Å²) in [6, 6.07) is 14.7. The number of carbonyl (C=O) groups excluding carboxylic acids is 4. The molecule has 2 aliphatic heterocycles. The summed E-state index contributed by atoms with van der Waals surface area (Å²) >= 11 is 0. The molecule has 163 valence electrons. The van der Waals surface area contributed by atoms with Gasteiger partial charge < -0.3 is 22.3 Å². The predicted octanol–water partition coefficient (Wildman–Crippen LogP) is 4.98. The first kappa shape index (κ1) is 24.7. The summed E-state index contributed by atoms with van der Waals surface area (Å²) in [5.74, 6) is -1.57. The minimum absolute atomic E-state index is 0. The Kier molecular flexibility index (Phi) is 6.56. The van der Waals surface area contributed by atoms with E-state index in [1.807, 2.05) is 38.1 Å². The quantitative estimate of drug-likeness (QED) is 0.358. The van der Waals surface area contributed by atoms with Crippen LogP contribution in [0.5, 0.6) is 0 Å². The molecule has 0 bridgehead atoms. The number of fused-ring (bicyclic) bond motifs is 2. The van der Waals surface area contributed by atoms with E-state index >= 15 is 0 Å². The van der Waals surface area contributed by atoms with Gasteiger partial charge in [0, 0.05) is 50.9 Å². The molecule has 3 aromatic carbocycles. The van der Waals surface area contributed by atoms with E-state index in [1.165, 1.54) is 7.05 Å². The van der Waals surface area contributed by atoms with Gasteiger partial charge in [0.25, 0.3) is 11.8 Å². The van der Waals surface area contributed by atoms with Crippen molar-refractivity contribution in [1.29, 1.82) is 0 Å². The Morgan fingerprint density at radius 2 is 0.970 bits per heavy atom. The van der Waals surface area contributed by atoms with Gasteiger partial charge in [0.05, 0.1) is 22.9 Å². The van der Waals surface area contributed by atoms with E-state index < -0.39 is 11.8 Å². The van der Waals surface area contributed by atoms with Crippen LogP contribution in [0.1, 0.15) is 52.6 Å². The maximum atomic E-state index is 12.4. The smallest absolute Gasteiger partial charge is 0.261 e. The van der Waals surface area contributed by atoms with Crippen molar-refractivity contribution >= 4 is 23.6 Å². The van der Waals surface area contributed by atoms with E-state index in [9.17, 15) is 19.2 Å². The average molecular weight is 513 g/mol. The third kappa shape index (κ3) is 3.77. The van der Waals surface area contributed by atoms with Crippen molar-refractivity contribution in [3.63, 3.8) is 0 Å². The molecule has 7 heteroatoms. The third-order valence-electron chi connectivity index (χ3n) is 5.97. The average Bonchev–Trinajstić information content (AvgIpc) is 3.14. The molecule has 2 aliphatic rings. The van der Waals surface area contributed by atoms with E-state index in [2.05, 4.69) is 5.32 Å². The van der Waals surface area contributed by atoms with Gasteiger partial charge >= 0.3 is 0 Å². The second-order valence-electron chi connectivity index (χ2n) is 7.89. The number of aryl methyl sites for hydroxylation is 2. The van der Waals surface area contributed by atoms with Crippen molar-refractivity contribution in [2.45, 2.75) is 13.8 Å². The van der Waals surface area contributed by atoms with Crippen LogP contribution < -0.4 is 0 Å². The van der Waals surface area contributed by atoms with Gasteiger partial charge in [-0.15, -0.1) is 0 Å². The molecule has 0 spiro atoms. The second-order valence-corrected chi connectivity index (χ2v) is 7.89. The minimum Gasteiger partial charge on any atom is -0.587 e. The van der Waals surface area contributed by atoms with Crippen LogP contribution in [0, 0.1) is 21.3 Å². The zero-order valence-corrected chi connectivity index (χ0v) is 21.6. The number of rotatable bonds is 2. The summed E-state index contributed by atoms with van der Waals surface area (Å²) in [6.45, 7) is 3.81. The molecule has 0 fully saturated rings. The van der Waals surface area contributed by atoms with Crippen molar-refractivity contribution < 1.29 is 51.9 Å². The minimum atomic E-state index is -0.504. The molecule has 2 heterocycles. The standard InChI is InChI=1S/C25H18N2O4.CH3.Y/c1-12-8-18-19(23(29)26-22(18)28)10-16(12)14-4-6-15(7-5-14)17-11-21-20(9-13(17)2)24(30)27(3)25(21)31;;/h4-11H,1-3H3,(H,26,28,29);1H3;/q;-1;/p-1. The van der Waals surface area contributed by atoms with Gasteiger partial charge in [-0.1, -0.05) is 24.3 Å². The molecule has 4 amide bonds. The number of amides is 4. The zero-order valence-electron chi connectivity index (χ0n) is 18.7. The molecule has 0 unspecified atom stereocenters. The topological polar surface area (TPSA) is 85.6 Å². The fraction of sp³-hybridized carbons (Fsp3) is 0.115. The summed E-state index contributed by atoms with van der Waals surface area (Å²) in [7, 11) is 1.49.